The van der Waals surface area contributed by atoms with Crippen LogP contribution >= 0.6 is 0 Å². The number of aromatic nitrogens is 1. The molecule has 3 aliphatic rings. The number of rotatable bonds is 6. The van der Waals surface area contributed by atoms with Crippen molar-refractivity contribution in [3.63, 3.8) is 0 Å². The van der Waals surface area contributed by atoms with E-state index in [9.17, 15) is 9.81 Å². The van der Waals surface area contributed by atoms with Crippen molar-refractivity contribution < 1.29 is 19.0 Å². The molecule has 0 bridgehead atoms. The monoisotopic (exact) mass is 474 g/mol. The van der Waals surface area contributed by atoms with Crippen LogP contribution in [0.5, 0.6) is 11.5 Å². The van der Waals surface area contributed by atoms with E-state index < -0.39 is 6.17 Å². The Morgan fingerprint density at radius 3 is 2.94 bits per heavy atom. The maximum atomic E-state index is 13.1. The molecule has 0 N–H and O–H groups in total. The molecule has 8 heteroatoms. The van der Waals surface area contributed by atoms with E-state index in [4.69, 9.17) is 9.47 Å². The fourth-order valence-corrected chi connectivity index (χ4v) is 6.07. The van der Waals surface area contributed by atoms with Crippen LogP contribution in [0.25, 0.3) is 10.8 Å². The third kappa shape index (κ3) is 3.86. The molecule has 0 radical (unpaired) electrons. The molecule has 3 atom stereocenters. The largest absolute Gasteiger partial charge is 0.496 e. The van der Waals surface area contributed by atoms with E-state index >= 15 is 0 Å². The van der Waals surface area contributed by atoms with Crippen molar-refractivity contribution in [3.05, 3.63) is 69.7 Å². The minimum Gasteiger partial charge on any atom is -0.496 e. The number of nitrogens with zero attached hydrogens (tertiary/aromatic N) is 4. The van der Waals surface area contributed by atoms with E-state index in [2.05, 4.69) is 9.88 Å². The summed E-state index contributed by atoms with van der Waals surface area (Å²) in [7, 11) is 1.72. The molecule has 3 aromatic rings. The number of benzene rings is 2. The van der Waals surface area contributed by atoms with Gasteiger partial charge < -0.3 is 14.4 Å². The molecule has 1 aromatic heterocycles. The van der Waals surface area contributed by atoms with Crippen LogP contribution in [0.15, 0.2) is 48.8 Å². The van der Waals surface area contributed by atoms with Crippen molar-refractivity contribution >= 4 is 16.5 Å². The number of ether oxygens (including phenoxy) is 2. The Labute approximate surface area is 204 Å². The van der Waals surface area contributed by atoms with Gasteiger partial charge in [-0.2, -0.15) is 0 Å². The van der Waals surface area contributed by atoms with Crippen LogP contribution in [0.2, 0.25) is 0 Å². The highest BCUT2D eigenvalue weighted by molar-refractivity contribution is 5.87. The molecule has 1 unspecified atom stereocenters. The first kappa shape index (κ1) is 22.1. The van der Waals surface area contributed by atoms with E-state index in [1.54, 1.807) is 19.5 Å². The number of fused-ring (bicyclic) bond motifs is 6. The summed E-state index contributed by atoms with van der Waals surface area (Å²) in [6, 6.07) is 11.7. The number of methoxy groups -OCH3 is 1. The summed E-state index contributed by atoms with van der Waals surface area (Å²) in [5.41, 5.74) is 2.56. The van der Waals surface area contributed by atoms with Gasteiger partial charge in [-0.05, 0) is 49.0 Å². The van der Waals surface area contributed by atoms with Crippen LogP contribution in [0, 0.1) is 15.7 Å². The predicted molar refractivity (Wildman–Crippen MR) is 131 cm³/mol. The summed E-state index contributed by atoms with van der Waals surface area (Å²) in [6.07, 6.45) is 5.12. The molecule has 3 aliphatic heterocycles. The zero-order valence-electron chi connectivity index (χ0n) is 19.9. The molecule has 0 aliphatic carbocycles. The van der Waals surface area contributed by atoms with Crippen LogP contribution < -0.4 is 9.47 Å². The third-order valence-electron chi connectivity index (χ3n) is 7.84. The lowest BCUT2D eigenvalue weighted by Gasteiger charge is -2.29. The van der Waals surface area contributed by atoms with E-state index in [1.165, 1.54) is 5.56 Å². The zero-order valence-corrected chi connectivity index (χ0v) is 19.9. The van der Waals surface area contributed by atoms with Crippen LogP contribution in [-0.4, -0.2) is 58.9 Å². The second kappa shape index (κ2) is 9.00. The Kier molecular flexibility index (Phi) is 5.68. The Balaban J connectivity index is 1.07. The van der Waals surface area contributed by atoms with Gasteiger partial charge in [0.25, 0.3) is 5.69 Å². The van der Waals surface area contributed by atoms with Crippen molar-refractivity contribution in [1.82, 2.24) is 9.88 Å². The minimum atomic E-state index is -0.678. The number of unbranched alkanes of at least 4 members (excludes halogenated alkanes) is 1. The van der Waals surface area contributed by atoms with Gasteiger partial charge in [0, 0.05) is 64.1 Å². The fraction of sp³-hybridized carbons (Fsp3) is 0.444. The molecule has 4 heterocycles. The molecule has 0 amide bonds. The van der Waals surface area contributed by atoms with Gasteiger partial charge in [-0.25, -0.2) is 0 Å². The molecule has 1 saturated heterocycles. The number of likely N-dealkylation sites (tertiary alicyclic amines) is 1. The van der Waals surface area contributed by atoms with Crippen molar-refractivity contribution in [3.8, 4) is 11.5 Å². The summed E-state index contributed by atoms with van der Waals surface area (Å²) in [4.78, 5) is 32.6. The van der Waals surface area contributed by atoms with Crippen LogP contribution in [0.4, 0.5) is 5.69 Å². The van der Waals surface area contributed by atoms with Crippen LogP contribution in [0.1, 0.15) is 36.3 Å². The van der Waals surface area contributed by atoms with Gasteiger partial charge in [0.05, 0.1) is 24.9 Å². The van der Waals surface area contributed by atoms with Crippen molar-refractivity contribution in [2.45, 2.75) is 37.9 Å². The molecule has 1 fully saturated rings. The minimum absolute atomic E-state index is 0.221. The van der Waals surface area contributed by atoms with Crippen molar-refractivity contribution in [2.75, 3.05) is 33.4 Å². The topological polar surface area (TPSA) is 74.8 Å². The van der Waals surface area contributed by atoms with Crippen molar-refractivity contribution in [1.29, 1.82) is 0 Å². The zero-order chi connectivity index (χ0) is 23.9. The lowest BCUT2D eigenvalue weighted by atomic mass is 9.86. The van der Waals surface area contributed by atoms with Crippen LogP contribution in [-0.2, 0) is 6.54 Å². The van der Waals surface area contributed by atoms with Gasteiger partial charge in [0.2, 0.25) is 6.54 Å². The fourth-order valence-electron chi connectivity index (χ4n) is 6.07. The summed E-state index contributed by atoms with van der Waals surface area (Å²) in [5.74, 6) is 2.74. The first-order valence-electron chi connectivity index (χ1n) is 12.4. The maximum absolute atomic E-state index is 13.1. The number of hydrogen-bond acceptors (Lipinski definition) is 6. The first-order chi connectivity index (χ1) is 17.1. The van der Waals surface area contributed by atoms with Gasteiger partial charge in [0.1, 0.15) is 21.8 Å². The lowest BCUT2D eigenvalue weighted by Crippen LogP contribution is -2.37. The molecular weight excluding hydrogens is 444 g/mol. The Morgan fingerprint density at radius 2 is 2.06 bits per heavy atom. The average Bonchev–Trinajstić information content (AvgIpc) is 3.31. The Morgan fingerprint density at radius 1 is 1.14 bits per heavy atom. The molecule has 180 valence electrons. The molecular formula is C27H30N4O4+2. The van der Waals surface area contributed by atoms with Gasteiger partial charge in [-0.1, -0.05) is 6.07 Å². The second-order valence-corrected chi connectivity index (χ2v) is 9.85. The highest BCUT2D eigenvalue weighted by atomic mass is 16.5. The third-order valence-corrected chi connectivity index (χ3v) is 7.84. The second-order valence-electron chi connectivity index (χ2n) is 9.85. The van der Waals surface area contributed by atoms with E-state index in [0.717, 1.165) is 76.4 Å². The quantitative estimate of drug-likeness (QED) is 0.385. The van der Waals surface area contributed by atoms with E-state index in [0.29, 0.717) is 23.9 Å². The van der Waals surface area contributed by atoms with Gasteiger partial charge >= 0.3 is 6.17 Å². The summed E-state index contributed by atoms with van der Waals surface area (Å²) < 4.78 is 13.5. The summed E-state index contributed by atoms with van der Waals surface area (Å²) >= 11 is 0. The number of hydrogen-bond donors (Lipinski definition) is 0. The highest BCUT2D eigenvalue weighted by Crippen LogP contribution is 2.46. The van der Waals surface area contributed by atoms with E-state index in [1.807, 2.05) is 36.4 Å². The summed E-state index contributed by atoms with van der Waals surface area (Å²) in [6.45, 7) is 3.90. The van der Waals surface area contributed by atoms with Gasteiger partial charge in [-0.3, -0.25) is 4.98 Å². The number of pyridine rings is 1. The molecule has 8 nitrogen and oxygen atoms in total. The lowest BCUT2D eigenvalue weighted by molar-refractivity contribution is -0.784. The predicted octanol–water partition coefficient (Wildman–Crippen LogP) is 4.55. The highest BCUT2D eigenvalue weighted by Gasteiger charge is 2.48. The van der Waals surface area contributed by atoms with Gasteiger partial charge in [0.15, 0.2) is 0 Å². The molecule has 0 spiro atoms. The molecule has 2 aromatic carbocycles. The molecule has 6 rings (SSSR count). The first-order valence-corrected chi connectivity index (χ1v) is 12.4. The van der Waals surface area contributed by atoms with Gasteiger partial charge in [-0.15, -0.1) is 0 Å². The smallest absolute Gasteiger partial charge is 0.437 e. The Hall–Kier alpha value is -3.39. The average molecular weight is 475 g/mol. The molecule has 0 saturated carbocycles. The Bertz CT molecular complexity index is 1300. The summed E-state index contributed by atoms with van der Waals surface area (Å²) in [5, 5.41) is 1.87. The SMILES string of the molecule is COc1cccc2c1[C@@H]1CN(CCCCC3[N+](=O)Cc4c(ccc5ccncc45)[N+]3=O)C[C@H]1CO2. The van der Waals surface area contributed by atoms with E-state index in [-0.39, 0.29) is 6.54 Å². The standard InChI is InChI=1S/C27H30N4O4/c1-34-24-5-4-6-25-27(24)21-15-29(14-19(21)17-35-25)12-3-2-7-26-30(32)16-22-20-13-28-11-10-18(20)8-9-23(22)31(26)33/h4-6,8-11,13,19,21,26H,2-3,7,12,14-17H2,1H3/q+2/t19-,21+,26?/m0/s1. The van der Waals surface area contributed by atoms with Crippen LogP contribution in [0.3, 0.4) is 0 Å². The normalized spacial score (nSPS) is 23.5. The molecule has 35 heavy (non-hydrogen) atoms. The van der Waals surface area contributed by atoms with Crippen molar-refractivity contribution in [2.24, 2.45) is 5.92 Å². The number of nitroso groups, excluding NO2 is 2. The maximum Gasteiger partial charge on any atom is 0.437 e.